The Morgan fingerprint density at radius 3 is 2.42 bits per heavy atom. The summed E-state index contributed by atoms with van der Waals surface area (Å²) >= 11 is 0. The summed E-state index contributed by atoms with van der Waals surface area (Å²) in [5.74, 6) is 1.02. The minimum atomic E-state index is 0.233. The minimum absolute atomic E-state index is 0.233. The third-order valence-electron chi connectivity index (χ3n) is 5.07. The lowest BCUT2D eigenvalue weighted by atomic mass is 9.82. The van der Waals surface area contributed by atoms with Gasteiger partial charge in [-0.05, 0) is 31.6 Å². The van der Waals surface area contributed by atoms with E-state index in [1.807, 2.05) is 0 Å². The van der Waals surface area contributed by atoms with Gasteiger partial charge in [0.15, 0.2) is 0 Å². The first-order chi connectivity index (χ1) is 9.30. The molecule has 0 radical (unpaired) electrons. The van der Waals surface area contributed by atoms with Crippen molar-refractivity contribution in [3.63, 3.8) is 0 Å². The quantitative estimate of drug-likeness (QED) is 0.799. The van der Waals surface area contributed by atoms with Crippen molar-refractivity contribution in [3.05, 3.63) is 0 Å². The summed E-state index contributed by atoms with van der Waals surface area (Å²) in [7, 11) is 0. The number of nitrogens with zero attached hydrogens (tertiary/aromatic N) is 2. The van der Waals surface area contributed by atoms with Crippen LogP contribution in [0.25, 0.3) is 0 Å². The van der Waals surface area contributed by atoms with Crippen LogP contribution in [-0.2, 0) is 4.74 Å². The second-order valence-corrected chi connectivity index (χ2v) is 6.88. The van der Waals surface area contributed by atoms with E-state index in [1.165, 1.54) is 58.4 Å². The molecule has 4 nitrogen and oxygen atoms in total. The lowest BCUT2D eigenvalue weighted by molar-refractivity contribution is -0.0288. The molecule has 0 aromatic carbocycles. The first-order valence-electron chi connectivity index (χ1n) is 8.02. The van der Waals surface area contributed by atoms with E-state index >= 15 is 0 Å². The Morgan fingerprint density at radius 2 is 1.84 bits per heavy atom. The van der Waals surface area contributed by atoms with Crippen molar-refractivity contribution in [3.8, 4) is 0 Å². The van der Waals surface area contributed by atoms with Gasteiger partial charge < -0.3 is 20.3 Å². The molecule has 3 rings (SSSR count). The SMILES string of the molecule is NCC1(CN2CCN(CC3CC3)CC2)CCCOC1. The highest BCUT2D eigenvalue weighted by molar-refractivity contribution is 4.88. The van der Waals surface area contributed by atoms with Crippen LogP contribution in [0.5, 0.6) is 0 Å². The molecule has 4 heteroatoms. The normalized spacial score (nSPS) is 34.6. The summed E-state index contributed by atoms with van der Waals surface area (Å²) in [6, 6.07) is 0. The fourth-order valence-corrected chi connectivity index (χ4v) is 3.53. The number of ether oxygens (including phenoxy) is 1. The maximum atomic E-state index is 6.04. The van der Waals surface area contributed by atoms with E-state index in [1.54, 1.807) is 0 Å². The molecule has 2 aliphatic heterocycles. The van der Waals surface area contributed by atoms with Gasteiger partial charge in [0.2, 0.25) is 0 Å². The van der Waals surface area contributed by atoms with Gasteiger partial charge in [0.05, 0.1) is 6.61 Å². The van der Waals surface area contributed by atoms with Crippen LogP contribution in [0.15, 0.2) is 0 Å². The molecule has 1 atom stereocenters. The van der Waals surface area contributed by atoms with Crippen LogP contribution in [0, 0.1) is 11.3 Å². The highest BCUT2D eigenvalue weighted by Gasteiger charge is 2.35. The lowest BCUT2D eigenvalue weighted by Crippen LogP contribution is -2.53. The van der Waals surface area contributed by atoms with Gasteiger partial charge in [0.1, 0.15) is 0 Å². The molecule has 110 valence electrons. The average molecular weight is 267 g/mol. The van der Waals surface area contributed by atoms with E-state index in [9.17, 15) is 0 Å². The van der Waals surface area contributed by atoms with Crippen LogP contribution in [0.3, 0.4) is 0 Å². The largest absolute Gasteiger partial charge is 0.381 e. The van der Waals surface area contributed by atoms with Gasteiger partial charge in [0.25, 0.3) is 0 Å². The van der Waals surface area contributed by atoms with Gasteiger partial charge in [-0.2, -0.15) is 0 Å². The monoisotopic (exact) mass is 267 g/mol. The van der Waals surface area contributed by atoms with Crippen molar-refractivity contribution in [1.29, 1.82) is 0 Å². The van der Waals surface area contributed by atoms with E-state index in [-0.39, 0.29) is 5.41 Å². The zero-order valence-corrected chi connectivity index (χ0v) is 12.1. The zero-order chi connectivity index (χ0) is 13.1. The molecule has 2 saturated heterocycles. The molecule has 2 heterocycles. The third kappa shape index (κ3) is 3.69. The molecule has 0 aromatic rings. The van der Waals surface area contributed by atoms with E-state index in [2.05, 4.69) is 9.80 Å². The number of hydrogen-bond acceptors (Lipinski definition) is 4. The molecular weight excluding hydrogens is 238 g/mol. The Bertz CT molecular complexity index is 279. The molecule has 1 aliphatic carbocycles. The molecule has 2 N–H and O–H groups in total. The standard InChI is InChI=1S/C15H29N3O/c16-11-15(4-1-9-19-13-15)12-18-7-5-17(6-8-18)10-14-2-3-14/h14H,1-13,16H2. The van der Waals surface area contributed by atoms with Crippen LogP contribution in [-0.4, -0.2) is 68.8 Å². The van der Waals surface area contributed by atoms with Gasteiger partial charge in [-0.3, -0.25) is 0 Å². The predicted molar refractivity (Wildman–Crippen MR) is 77.1 cm³/mol. The van der Waals surface area contributed by atoms with Gasteiger partial charge in [-0.1, -0.05) is 0 Å². The molecule has 1 unspecified atom stereocenters. The summed E-state index contributed by atoms with van der Waals surface area (Å²) in [5, 5.41) is 0. The molecule has 3 aliphatic rings. The summed E-state index contributed by atoms with van der Waals surface area (Å²) in [6.07, 6.45) is 5.35. The smallest absolute Gasteiger partial charge is 0.0546 e. The van der Waals surface area contributed by atoms with Gasteiger partial charge >= 0.3 is 0 Å². The molecule has 0 bridgehead atoms. The van der Waals surface area contributed by atoms with Crippen LogP contribution < -0.4 is 5.73 Å². The van der Waals surface area contributed by atoms with Gasteiger partial charge in [0, 0.05) is 57.8 Å². The van der Waals surface area contributed by atoms with Crippen molar-refractivity contribution >= 4 is 0 Å². The highest BCUT2D eigenvalue weighted by Crippen LogP contribution is 2.31. The zero-order valence-electron chi connectivity index (χ0n) is 12.1. The Morgan fingerprint density at radius 1 is 1.11 bits per heavy atom. The van der Waals surface area contributed by atoms with Crippen LogP contribution in [0.1, 0.15) is 25.7 Å². The molecule has 0 aromatic heterocycles. The molecular formula is C15H29N3O. The summed E-state index contributed by atoms with van der Waals surface area (Å²) in [4.78, 5) is 5.27. The van der Waals surface area contributed by atoms with E-state index in [0.717, 1.165) is 32.2 Å². The second-order valence-electron chi connectivity index (χ2n) is 6.88. The summed E-state index contributed by atoms with van der Waals surface area (Å²) < 4.78 is 5.68. The van der Waals surface area contributed by atoms with Crippen LogP contribution >= 0.6 is 0 Å². The summed E-state index contributed by atoms with van der Waals surface area (Å²) in [6.45, 7) is 9.98. The van der Waals surface area contributed by atoms with Crippen molar-refractivity contribution in [2.75, 3.05) is 59.0 Å². The predicted octanol–water partition coefficient (Wildman–Crippen LogP) is 0.770. The molecule has 0 spiro atoms. The van der Waals surface area contributed by atoms with E-state index < -0.39 is 0 Å². The Labute approximate surface area is 117 Å². The fourth-order valence-electron chi connectivity index (χ4n) is 3.53. The van der Waals surface area contributed by atoms with Crippen molar-refractivity contribution in [1.82, 2.24) is 9.80 Å². The van der Waals surface area contributed by atoms with Gasteiger partial charge in [-0.25, -0.2) is 0 Å². The van der Waals surface area contributed by atoms with Gasteiger partial charge in [-0.15, -0.1) is 0 Å². The van der Waals surface area contributed by atoms with Crippen LogP contribution in [0.4, 0.5) is 0 Å². The van der Waals surface area contributed by atoms with Crippen LogP contribution in [0.2, 0.25) is 0 Å². The highest BCUT2D eigenvalue weighted by atomic mass is 16.5. The third-order valence-corrected chi connectivity index (χ3v) is 5.07. The number of hydrogen-bond donors (Lipinski definition) is 1. The maximum Gasteiger partial charge on any atom is 0.0546 e. The molecule has 3 fully saturated rings. The second kappa shape index (κ2) is 6.08. The van der Waals surface area contributed by atoms with Crippen molar-refractivity contribution < 1.29 is 4.74 Å². The van der Waals surface area contributed by atoms with E-state index in [4.69, 9.17) is 10.5 Å². The Kier molecular flexibility index (Phi) is 4.42. The number of rotatable bonds is 5. The molecule has 19 heavy (non-hydrogen) atoms. The first kappa shape index (κ1) is 13.8. The maximum absolute atomic E-state index is 6.04. The first-order valence-corrected chi connectivity index (χ1v) is 8.02. The fraction of sp³-hybridized carbons (Fsp3) is 1.00. The van der Waals surface area contributed by atoms with Crippen molar-refractivity contribution in [2.24, 2.45) is 17.1 Å². The number of piperazine rings is 1. The Hall–Kier alpha value is -0.160. The Balaban J connectivity index is 1.44. The van der Waals surface area contributed by atoms with Crippen molar-refractivity contribution in [2.45, 2.75) is 25.7 Å². The lowest BCUT2D eigenvalue weighted by Gasteiger charge is -2.43. The minimum Gasteiger partial charge on any atom is -0.381 e. The molecule has 1 saturated carbocycles. The average Bonchev–Trinajstić information content (AvgIpc) is 3.26. The topological polar surface area (TPSA) is 41.7 Å². The summed E-state index contributed by atoms with van der Waals surface area (Å²) in [5.41, 5.74) is 6.27. The number of nitrogens with two attached hydrogens (primary N) is 1. The van der Waals surface area contributed by atoms with E-state index in [0.29, 0.717) is 0 Å². The molecule has 0 amide bonds.